The van der Waals surface area contributed by atoms with Gasteiger partial charge in [0.1, 0.15) is 30.7 Å². The van der Waals surface area contributed by atoms with Crippen LogP contribution in [0.3, 0.4) is 0 Å². The van der Waals surface area contributed by atoms with Gasteiger partial charge in [-0.15, -0.1) is 0 Å². The predicted molar refractivity (Wildman–Crippen MR) is 147 cm³/mol. The fourth-order valence-electron chi connectivity index (χ4n) is 5.03. The highest BCUT2D eigenvalue weighted by molar-refractivity contribution is 7.97. The molecule has 8 heteroatoms. The van der Waals surface area contributed by atoms with Crippen LogP contribution in [0.4, 0.5) is 0 Å². The van der Waals surface area contributed by atoms with Gasteiger partial charge in [0.25, 0.3) is 5.44 Å². The van der Waals surface area contributed by atoms with Crippen LogP contribution >= 0.6 is 0 Å². The molecule has 3 aromatic rings. The van der Waals surface area contributed by atoms with Crippen LogP contribution in [0, 0.1) is 0 Å². The van der Waals surface area contributed by atoms with E-state index in [1.165, 1.54) is 13.8 Å². The Morgan fingerprint density at radius 3 is 2.10 bits per heavy atom. The fraction of sp³-hybridized carbons (Fsp3) is 0.355. The second kappa shape index (κ2) is 12.8. The zero-order valence-electron chi connectivity index (χ0n) is 22.0. The summed E-state index contributed by atoms with van der Waals surface area (Å²) in [5.41, 5.74) is 1.59. The van der Waals surface area contributed by atoms with Crippen molar-refractivity contribution in [2.24, 2.45) is 0 Å². The molecular formula is C31H33O7S+. The first kappa shape index (κ1) is 27.4. The average Bonchev–Trinajstić information content (AvgIpc) is 2.96. The quantitative estimate of drug-likeness (QED) is 0.300. The Balaban J connectivity index is 1.52. The SMILES string of the molecule is CC(=O)OC[C@H]1O[C@@H]2[C@H](O[C@@H](c3ccccc3)C[S+]2c2ccccc2)[C@@H](OC(C)=O)[C@@H]1OCc1ccccc1. The van der Waals surface area contributed by atoms with Crippen LogP contribution in [0.5, 0.6) is 0 Å². The number of carbonyl (C=O) groups excluding carboxylic acids is 2. The maximum absolute atomic E-state index is 12.4. The summed E-state index contributed by atoms with van der Waals surface area (Å²) in [4.78, 5) is 25.3. The average molecular weight is 550 g/mol. The first-order valence-corrected chi connectivity index (χ1v) is 14.5. The van der Waals surface area contributed by atoms with Crippen LogP contribution < -0.4 is 0 Å². The number of hydrogen-bond donors (Lipinski definition) is 0. The van der Waals surface area contributed by atoms with E-state index in [9.17, 15) is 9.59 Å². The number of ether oxygens (including phenoxy) is 5. The minimum absolute atomic E-state index is 0.0239. The van der Waals surface area contributed by atoms with E-state index >= 15 is 0 Å². The van der Waals surface area contributed by atoms with Crippen LogP contribution in [-0.4, -0.2) is 54.2 Å². The third-order valence-electron chi connectivity index (χ3n) is 6.78. The molecule has 0 radical (unpaired) electrons. The molecule has 7 atom stereocenters. The highest BCUT2D eigenvalue weighted by atomic mass is 32.2. The van der Waals surface area contributed by atoms with E-state index in [2.05, 4.69) is 24.3 Å². The normalized spacial score (nSPS) is 28.2. The van der Waals surface area contributed by atoms with Crippen molar-refractivity contribution in [1.29, 1.82) is 0 Å². The number of esters is 2. The van der Waals surface area contributed by atoms with E-state index in [0.29, 0.717) is 5.75 Å². The molecule has 0 aliphatic carbocycles. The standard InChI is InChI=1S/C31H33O7S/c1-21(32)34-19-26-28(35-18-23-12-6-3-7-13-23)29(36-22(2)33)30-31(38-26)39(25-16-10-5-11-17-25)20-27(37-30)24-14-8-4-9-15-24/h3-17,26-31H,18-20H2,1-2H3/q+1/t26-,27-,28-,29+,30-,31+,39?/m1/s1. The van der Waals surface area contributed by atoms with E-state index in [-0.39, 0.29) is 19.3 Å². The molecule has 0 amide bonds. The molecule has 2 saturated heterocycles. The van der Waals surface area contributed by atoms with Crippen molar-refractivity contribution < 1.29 is 33.3 Å². The van der Waals surface area contributed by atoms with E-state index in [1.54, 1.807) is 0 Å². The summed E-state index contributed by atoms with van der Waals surface area (Å²) < 4.78 is 31.2. The molecule has 2 fully saturated rings. The van der Waals surface area contributed by atoms with Gasteiger partial charge in [-0.05, 0) is 23.3 Å². The van der Waals surface area contributed by atoms with Crippen LogP contribution in [0.2, 0.25) is 0 Å². The number of fused-ring (bicyclic) bond motifs is 1. The Labute approximate surface area is 231 Å². The van der Waals surface area contributed by atoms with E-state index < -0.39 is 52.7 Å². The maximum Gasteiger partial charge on any atom is 0.303 e. The van der Waals surface area contributed by atoms with Crippen molar-refractivity contribution in [3.8, 4) is 0 Å². The number of hydrogen-bond acceptors (Lipinski definition) is 7. The molecule has 0 bridgehead atoms. The minimum atomic E-state index is -0.768. The van der Waals surface area contributed by atoms with Gasteiger partial charge in [0.2, 0.25) is 0 Å². The molecule has 2 aliphatic rings. The Morgan fingerprint density at radius 1 is 0.821 bits per heavy atom. The largest absolute Gasteiger partial charge is 0.463 e. The topological polar surface area (TPSA) is 80.3 Å². The first-order chi connectivity index (χ1) is 19.0. The Kier molecular flexibility index (Phi) is 8.98. The number of carbonyl (C=O) groups is 2. The van der Waals surface area contributed by atoms with Crippen LogP contribution in [-0.2, 0) is 50.8 Å². The Morgan fingerprint density at radius 2 is 1.46 bits per heavy atom. The molecule has 2 heterocycles. The Bertz CT molecular complexity index is 1220. The van der Waals surface area contributed by atoms with Gasteiger partial charge < -0.3 is 23.7 Å². The monoisotopic (exact) mass is 549 g/mol. The number of benzene rings is 3. The highest BCUT2D eigenvalue weighted by Crippen LogP contribution is 2.43. The predicted octanol–water partition coefficient (Wildman–Crippen LogP) is 4.61. The minimum Gasteiger partial charge on any atom is -0.463 e. The number of rotatable bonds is 8. The zero-order valence-corrected chi connectivity index (χ0v) is 22.8. The molecule has 0 N–H and O–H groups in total. The third kappa shape index (κ3) is 6.70. The lowest BCUT2D eigenvalue weighted by molar-refractivity contribution is -0.255. The second-order valence-electron chi connectivity index (χ2n) is 9.59. The summed E-state index contributed by atoms with van der Waals surface area (Å²) in [6.45, 7) is 2.99. The van der Waals surface area contributed by atoms with Crippen molar-refractivity contribution in [1.82, 2.24) is 0 Å². The summed E-state index contributed by atoms with van der Waals surface area (Å²) >= 11 is 0. The van der Waals surface area contributed by atoms with E-state index in [4.69, 9.17) is 23.7 Å². The molecule has 5 rings (SSSR count). The van der Waals surface area contributed by atoms with Crippen LogP contribution in [0.15, 0.2) is 95.9 Å². The van der Waals surface area contributed by atoms with Crippen molar-refractivity contribution >= 4 is 22.8 Å². The van der Waals surface area contributed by atoms with Gasteiger partial charge in [-0.2, -0.15) is 0 Å². The maximum atomic E-state index is 12.4. The molecule has 2 aliphatic heterocycles. The lowest BCUT2D eigenvalue weighted by atomic mass is 9.98. The summed E-state index contributed by atoms with van der Waals surface area (Å²) in [6.07, 6.45) is -2.96. The van der Waals surface area contributed by atoms with Crippen LogP contribution in [0.1, 0.15) is 31.1 Å². The van der Waals surface area contributed by atoms with Gasteiger partial charge >= 0.3 is 11.9 Å². The van der Waals surface area contributed by atoms with Gasteiger partial charge in [-0.1, -0.05) is 78.9 Å². The van der Waals surface area contributed by atoms with Gasteiger partial charge in [-0.3, -0.25) is 9.59 Å². The van der Waals surface area contributed by atoms with E-state index in [0.717, 1.165) is 16.0 Å². The first-order valence-electron chi connectivity index (χ1n) is 13.1. The molecular weight excluding hydrogens is 516 g/mol. The molecule has 204 valence electrons. The van der Waals surface area contributed by atoms with Crippen molar-refractivity contribution in [2.75, 3.05) is 12.4 Å². The highest BCUT2D eigenvalue weighted by Gasteiger charge is 2.60. The summed E-state index contributed by atoms with van der Waals surface area (Å²) in [7, 11) is -0.415. The Hall–Kier alpha value is -3.17. The molecule has 0 aromatic heterocycles. The third-order valence-corrected chi connectivity index (χ3v) is 9.26. The van der Waals surface area contributed by atoms with Crippen molar-refractivity contribution in [3.63, 3.8) is 0 Å². The van der Waals surface area contributed by atoms with Crippen molar-refractivity contribution in [3.05, 3.63) is 102 Å². The second-order valence-corrected chi connectivity index (χ2v) is 11.7. The summed E-state index contributed by atoms with van der Waals surface area (Å²) in [5, 5.41) is 0. The summed E-state index contributed by atoms with van der Waals surface area (Å²) in [5.74, 6) is -0.152. The van der Waals surface area contributed by atoms with Gasteiger partial charge in [-0.25, -0.2) is 0 Å². The molecule has 0 saturated carbocycles. The van der Waals surface area contributed by atoms with Crippen molar-refractivity contribution in [2.45, 2.75) is 61.3 Å². The fourth-order valence-corrected chi connectivity index (χ4v) is 7.61. The molecule has 3 aromatic carbocycles. The van der Waals surface area contributed by atoms with Gasteiger partial charge in [0, 0.05) is 13.8 Å². The smallest absolute Gasteiger partial charge is 0.303 e. The molecule has 39 heavy (non-hydrogen) atoms. The molecule has 0 spiro atoms. The van der Waals surface area contributed by atoms with Gasteiger partial charge in [0.05, 0.1) is 17.5 Å². The van der Waals surface area contributed by atoms with E-state index in [1.807, 2.05) is 66.7 Å². The van der Waals surface area contributed by atoms with Crippen LogP contribution in [0.25, 0.3) is 0 Å². The lowest BCUT2D eigenvalue weighted by Gasteiger charge is -2.47. The summed E-state index contributed by atoms with van der Waals surface area (Å²) in [6, 6.07) is 30.0. The molecule has 7 nitrogen and oxygen atoms in total. The lowest BCUT2D eigenvalue weighted by Crippen LogP contribution is -2.65. The van der Waals surface area contributed by atoms with Gasteiger partial charge in [0.15, 0.2) is 17.1 Å². The zero-order chi connectivity index (χ0) is 27.2. The molecule has 1 unspecified atom stereocenters.